The predicted molar refractivity (Wildman–Crippen MR) is 77.7 cm³/mol. The highest BCUT2D eigenvalue weighted by molar-refractivity contribution is 6.02. The maximum atomic E-state index is 12.2. The van der Waals surface area contributed by atoms with Gasteiger partial charge in [-0.15, -0.1) is 0 Å². The minimum absolute atomic E-state index is 0.103. The van der Waals surface area contributed by atoms with E-state index in [1.54, 1.807) is 6.92 Å². The summed E-state index contributed by atoms with van der Waals surface area (Å²) in [6.07, 6.45) is 1.52. The Morgan fingerprint density at radius 1 is 1.40 bits per heavy atom. The molecule has 1 unspecified atom stereocenters. The Morgan fingerprint density at radius 2 is 2.15 bits per heavy atom. The molecule has 0 saturated carbocycles. The van der Waals surface area contributed by atoms with Gasteiger partial charge < -0.3 is 15.0 Å². The van der Waals surface area contributed by atoms with Crippen LogP contribution in [0.25, 0.3) is 0 Å². The van der Waals surface area contributed by atoms with Gasteiger partial charge in [0.25, 0.3) is 0 Å². The molecule has 1 N–H and O–H groups in total. The average molecular weight is 276 g/mol. The van der Waals surface area contributed by atoms with Crippen molar-refractivity contribution >= 4 is 23.3 Å². The summed E-state index contributed by atoms with van der Waals surface area (Å²) in [5.41, 5.74) is 1.62. The van der Waals surface area contributed by atoms with E-state index in [4.69, 9.17) is 4.74 Å². The lowest BCUT2D eigenvalue weighted by Crippen LogP contribution is -2.48. The summed E-state index contributed by atoms with van der Waals surface area (Å²) in [5.74, 6) is -0.368. The van der Waals surface area contributed by atoms with Crippen molar-refractivity contribution in [1.82, 2.24) is 0 Å². The summed E-state index contributed by atoms with van der Waals surface area (Å²) in [6, 6.07) is 7.11. The third-order valence-corrected chi connectivity index (χ3v) is 3.30. The maximum absolute atomic E-state index is 12.2. The van der Waals surface area contributed by atoms with Crippen molar-refractivity contribution in [3.8, 4) is 0 Å². The maximum Gasteiger partial charge on any atom is 0.328 e. The number of esters is 1. The minimum Gasteiger partial charge on any atom is -0.464 e. The van der Waals surface area contributed by atoms with Crippen molar-refractivity contribution in [1.29, 1.82) is 0 Å². The van der Waals surface area contributed by atoms with Crippen molar-refractivity contribution in [2.75, 3.05) is 23.4 Å². The highest BCUT2D eigenvalue weighted by Gasteiger charge is 2.32. The molecule has 1 heterocycles. The van der Waals surface area contributed by atoms with Crippen LogP contribution < -0.4 is 10.2 Å². The van der Waals surface area contributed by atoms with Gasteiger partial charge in [0, 0.05) is 0 Å². The molecule has 1 amide bonds. The molecule has 20 heavy (non-hydrogen) atoms. The first-order chi connectivity index (χ1) is 9.67. The molecule has 1 aliphatic heterocycles. The number of ether oxygens (including phenoxy) is 1. The normalized spacial score (nSPS) is 15.3. The molecule has 1 atom stereocenters. The van der Waals surface area contributed by atoms with Gasteiger partial charge in [-0.05, 0) is 25.5 Å². The summed E-state index contributed by atoms with van der Waals surface area (Å²) >= 11 is 0. The number of anilines is 2. The third kappa shape index (κ3) is 2.92. The van der Waals surface area contributed by atoms with Gasteiger partial charge in [0.2, 0.25) is 5.91 Å². The number of nitrogens with one attached hydrogen (secondary N) is 1. The summed E-state index contributed by atoms with van der Waals surface area (Å²) < 4.78 is 5.15. The average Bonchev–Trinajstić information content (AvgIpc) is 2.44. The van der Waals surface area contributed by atoms with Gasteiger partial charge in [0.05, 0.1) is 24.5 Å². The number of fused-ring (bicyclic) bond motifs is 1. The van der Waals surface area contributed by atoms with Crippen LogP contribution in [0.4, 0.5) is 11.4 Å². The fourth-order valence-corrected chi connectivity index (χ4v) is 2.45. The van der Waals surface area contributed by atoms with Crippen molar-refractivity contribution in [3.63, 3.8) is 0 Å². The number of nitrogens with zero attached hydrogens (tertiary/aromatic N) is 1. The van der Waals surface area contributed by atoms with Crippen molar-refractivity contribution < 1.29 is 14.3 Å². The summed E-state index contributed by atoms with van der Waals surface area (Å²) in [5, 5.41) is 2.83. The van der Waals surface area contributed by atoms with E-state index >= 15 is 0 Å². The van der Waals surface area contributed by atoms with Crippen LogP contribution in [-0.4, -0.2) is 31.1 Å². The van der Waals surface area contributed by atoms with E-state index < -0.39 is 6.04 Å². The van der Waals surface area contributed by atoms with E-state index in [1.807, 2.05) is 36.1 Å². The first-order valence-electron chi connectivity index (χ1n) is 6.99. The number of para-hydroxylation sites is 2. The zero-order chi connectivity index (χ0) is 14.5. The zero-order valence-corrected chi connectivity index (χ0v) is 11.9. The molecule has 0 aliphatic carbocycles. The van der Waals surface area contributed by atoms with Gasteiger partial charge in [0.1, 0.15) is 6.04 Å². The summed E-state index contributed by atoms with van der Waals surface area (Å²) in [6.45, 7) is 4.33. The Balaban J connectivity index is 2.33. The van der Waals surface area contributed by atoms with E-state index in [9.17, 15) is 9.59 Å². The highest BCUT2D eigenvalue weighted by Crippen LogP contribution is 2.31. The van der Waals surface area contributed by atoms with Crippen LogP contribution in [0.3, 0.4) is 0 Å². The Bertz CT molecular complexity index is 502. The van der Waals surface area contributed by atoms with Crippen molar-refractivity contribution in [3.05, 3.63) is 24.3 Å². The predicted octanol–water partition coefficient (Wildman–Crippen LogP) is 2.18. The van der Waals surface area contributed by atoms with Crippen LogP contribution >= 0.6 is 0 Å². The topological polar surface area (TPSA) is 58.6 Å². The van der Waals surface area contributed by atoms with Crippen molar-refractivity contribution in [2.45, 2.75) is 32.7 Å². The Hall–Kier alpha value is -2.04. The lowest BCUT2D eigenvalue weighted by molar-refractivity contribution is -0.145. The second-order valence-electron chi connectivity index (χ2n) is 4.75. The first kappa shape index (κ1) is 14.4. The van der Waals surface area contributed by atoms with E-state index in [2.05, 4.69) is 5.32 Å². The second-order valence-corrected chi connectivity index (χ2v) is 4.75. The van der Waals surface area contributed by atoms with Crippen LogP contribution in [0.15, 0.2) is 24.3 Å². The number of carbonyl (C=O) groups is 2. The van der Waals surface area contributed by atoms with E-state index in [0.29, 0.717) is 13.0 Å². The molecule has 108 valence electrons. The lowest BCUT2D eigenvalue weighted by Gasteiger charge is -2.35. The molecule has 2 rings (SSSR count). The SMILES string of the molecule is CCCC(C(=O)OCC)N1CC(=O)Nc2ccccc21. The van der Waals surface area contributed by atoms with Gasteiger partial charge in [-0.2, -0.15) is 0 Å². The molecular formula is C15H20N2O3. The number of benzene rings is 1. The fraction of sp³-hybridized carbons (Fsp3) is 0.467. The number of rotatable bonds is 5. The Labute approximate surface area is 118 Å². The van der Waals surface area contributed by atoms with E-state index in [-0.39, 0.29) is 18.4 Å². The highest BCUT2D eigenvalue weighted by atomic mass is 16.5. The molecule has 5 nitrogen and oxygen atoms in total. The summed E-state index contributed by atoms with van der Waals surface area (Å²) in [4.78, 5) is 25.8. The molecule has 0 saturated heterocycles. The molecule has 1 aromatic carbocycles. The number of hydrogen-bond acceptors (Lipinski definition) is 4. The lowest BCUT2D eigenvalue weighted by atomic mass is 10.1. The first-order valence-corrected chi connectivity index (χ1v) is 6.99. The molecule has 0 fully saturated rings. The van der Waals surface area contributed by atoms with E-state index in [1.165, 1.54) is 0 Å². The third-order valence-electron chi connectivity index (χ3n) is 3.30. The van der Waals surface area contributed by atoms with Crippen LogP contribution in [0.2, 0.25) is 0 Å². The van der Waals surface area contributed by atoms with Crippen LogP contribution in [0.1, 0.15) is 26.7 Å². The molecule has 5 heteroatoms. The standard InChI is InChI=1S/C15H20N2O3/c1-3-7-13(15(19)20-4-2)17-10-14(18)16-11-8-5-6-9-12(11)17/h5-6,8-9,13H,3-4,7,10H2,1-2H3,(H,16,18). The summed E-state index contributed by atoms with van der Waals surface area (Å²) in [7, 11) is 0. The van der Waals surface area contributed by atoms with Gasteiger partial charge in [-0.1, -0.05) is 25.5 Å². The van der Waals surface area contributed by atoms with Gasteiger partial charge in [-0.25, -0.2) is 4.79 Å². The largest absolute Gasteiger partial charge is 0.464 e. The minimum atomic E-state index is -0.410. The Morgan fingerprint density at radius 3 is 2.85 bits per heavy atom. The molecule has 1 aromatic rings. The number of carbonyl (C=O) groups excluding carboxylic acids is 2. The van der Waals surface area contributed by atoms with E-state index in [0.717, 1.165) is 17.8 Å². The molecule has 0 spiro atoms. The van der Waals surface area contributed by atoms with Crippen molar-refractivity contribution in [2.24, 2.45) is 0 Å². The quantitative estimate of drug-likeness (QED) is 0.837. The van der Waals surface area contributed by atoms with Crippen LogP contribution in [0.5, 0.6) is 0 Å². The van der Waals surface area contributed by atoms with Gasteiger partial charge in [-0.3, -0.25) is 4.79 Å². The monoisotopic (exact) mass is 276 g/mol. The van der Waals surface area contributed by atoms with Gasteiger partial charge in [0.15, 0.2) is 0 Å². The molecule has 0 bridgehead atoms. The number of amides is 1. The molecule has 1 aliphatic rings. The Kier molecular flexibility index (Phi) is 4.61. The molecular weight excluding hydrogens is 256 g/mol. The van der Waals surface area contributed by atoms with Crippen LogP contribution in [-0.2, 0) is 14.3 Å². The smallest absolute Gasteiger partial charge is 0.328 e. The molecule has 0 radical (unpaired) electrons. The van der Waals surface area contributed by atoms with Crippen LogP contribution in [0, 0.1) is 0 Å². The zero-order valence-electron chi connectivity index (χ0n) is 11.9. The molecule has 0 aromatic heterocycles. The van der Waals surface area contributed by atoms with Gasteiger partial charge >= 0.3 is 5.97 Å². The second kappa shape index (κ2) is 6.41. The fourth-order valence-electron chi connectivity index (χ4n) is 2.45. The number of hydrogen-bond donors (Lipinski definition) is 1.